The van der Waals surface area contributed by atoms with E-state index in [9.17, 15) is 4.79 Å². The van der Waals surface area contributed by atoms with Crippen molar-refractivity contribution in [2.75, 3.05) is 18.6 Å². The van der Waals surface area contributed by atoms with Crippen LogP contribution in [0.15, 0.2) is 24.3 Å². The highest BCUT2D eigenvalue weighted by atomic mass is 35.5. The molecule has 0 heterocycles. The molecule has 1 aromatic rings. The van der Waals surface area contributed by atoms with Crippen molar-refractivity contribution in [1.29, 1.82) is 0 Å². The molecule has 0 aromatic heterocycles. The average molecular weight is 371 g/mol. The summed E-state index contributed by atoms with van der Waals surface area (Å²) in [4.78, 5) is 12.3. The molecule has 1 atom stereocenters. The number of halogens is 1. The summed E-state index contributed by atoms with van der Waals surface area (Å²) in [5.74, 6) is 0.925. The van der Waals surface area contributed by atoms with Gasteiger partial charge in [0.15, 0.2) is 0 Å². The molecule has 1 saturated carbocycles. The first-order valence-electron chi connectivity index (χ1n) is 8.67. The predicted molar refractivity (Wildman–Crippen MR) is 107 cm³/mol. The Bertz CT molecular complexity index is 518. The van der Waals surface area contributed by atoms with Crippen molar-refractivity contribution in [1.82, 2.24) is 5.32 Å². The lowest BCUT2D eigenvalue weighted by molar-refractivity contribution is -0.122. The van der Waals surface area contributed by atoms with E-state index in [0.29, 0.717) is 6.54 Å². The Labute approximate surface area is 156 Å². The summed E-state index contributed by atoms with van der Waals surface area (Å²) < 4.78 is 0. The molecule has 5 heteroatoms. The topological polar surface area (TPSA) is 55.1 Å². The summed E-state index contributed by atoms with van der Waals surface area (Å²) in [5, 5.41) is 3.15. The number of rotatable bonds is 7. The Morgan fingerprint density at radius 3 is 2.67 bits per heavy atom. The molecule has 0 unspecified atom stereocenters. The molecule has 136 valence electrons. The van der Waals surface area contributed by atoms with Crippen molar-refractivity contribution < 1.29 is 4.79 Å². The van der Waals surface area contributed by atoms with Gasteiger partial charge in [-0.1, -0.05) is 49.1 Å². The van der Waals surface area contributed by atoms with E-state index in [1.807, 2.05) is 6.26 Å². The van der Waals surface area contributed by atoms with E-state index in [0.717, 1.165) is 25.0 Å². The third-order valence-electron chi connectivity index (χ3n) is 5.01. The minimum absolute atomic E-state index is 0. The fourth-order valence-electron chi connectivity index (χ4n) is 3.53. The number of nitrogens with two attached hydrogens (primary N) is 1. The van der Waals surface area contributed by atoms with Gasteiger partial charge in [0, 0.05) is 12.0 Å². The molecule has 24 heavy (non-hydrogen) atoms. The molecular weight excluding hydrogens is 340 g/mol. The largest absolute Gasteiger partial charge is 0.354 e. The zero-order valence-corrected chi connectivity index (χ0v) is 16.5. The number of amides is 1. The number of carbonyl (C=O) groups is 1. The monoisotopic (exact) mass is 370 g/mol. The summed E-state index contributed by atoms with van der Waals surface area (Å²) in [7, 11) is 0. The Morgan fingerprint density at radius 1 is 1.33 bits per heavy atom. The van der Waals surface area contributed by atoms with Crippen LogP contribution in [-0.2, 0) is 10.2 Å². The summed E-state index contributed by atoms with van der Waals surface area (Å²) in [6, 6.07) is 8.38. The number of benzene rings is 1. The maximum Gasteiger partial charge on any atom is 0.236 e. The molecule has 2 rings (SSSR count). The van der Waals surface area contributed by atoms with Crippen molar-refractivity contribution in [2.24, 2.45) is 5.73 Å². The molecule has 1 aliphatic carbocycles. The highest BCUT2D eigenvalue weighted by Crippen LogP contribution is 2.39. The lowest BCUT2D eigenvalue weighted by atomic mass is 9.69. The fraction of sp³-hybridized carbons (Fsp3) is 0.632. The van der Waals surface area contributed by atoms with Crippen molar-refractivity contribution in [3.05, 3.63) is 35.4 Å². The zero-order chi connectivity index (χ0) is 16.7. The molecule has 0 bridgehead atoms. The van der Waals surface area contributed by atoms with Crippen LogP contribution in [0.2, 0.25) is 0 Å². The van der Waals surface area contributed by atoms with E-state index in [1.165, 1.54) is 30.4 Å². The van der Waals surface area contributed by atoms with Crippen LogP contribution in [0.5, 0.6) is 0 Å². The lowest BCUT2D eigenvalue weighted by Crippen LogP contribution is -2.47. The molecule has 0 aliphatic heterocycles. The van der Waals surface area contributed by atoms with Crippen LogP contribution in [0.3, 0.4) is 0 Å². The molecule has 3 nitrogen and oxygen atoms in total. The molecule has 0 radical (unpaired) electrons. The normalized spacial score (nSPS) is 17.6. The van der Waals surface area contributed by atoms with E-state index >= 15 is 0 Å². The van der Waals surface area contributed by atoms with Crippen molar-refractivity contribution in [3.63, 3.8) is 0 Å². The Morgan fingerprint density at radius 2 is 2.04 bits per heavy atom. The summed E-state index contributed by atoms with van der Waals surface area (Å²) in [6.45, 7) is 2.85. The summed E-state index contributed by atoms with van der Waals surface area (Å²) in [5.41, 5.74) is 8.74. The van der Waals surface area contributed by atoms with Crippen molar-refractivity contribution in [3.8, 4) is 0 Å². The number of aryl methyl sites for hydroxylation is 1. The average Bonchev–Trinajstić information content (AvgIpc) is 2.58. The van der Waals surface area contributed by atoms with Gasteiger partial charge in [0.05, 0.1) is 6.04 Å². The molecule has 3 N–H and O–H groups in total. The second-order valence-electron chi connectivity index (χ2n) is 6.82. The van der Waals surface area contributed by atoms with E-state index in [4.69, 9.17) is 5.73 Å². The standard InChI is InChI=1S/C19H30N2OS.ClH/c1-15-7-6-8-16(13-15)19(10-4-3-5-11-19)14-21-18(22)17(20)9-12-23-2;/h6-8,13,17H,3-5,9-12,14,20H2,1-2H3,(H,21,22);1H/t17-;/m0./s1. The maximum atomic E-state index is 12.3. The second kappa shape index (κ2) is 10.3. The lowest BCUT2D eigenvalue weighted by Gasteiger charge is -2.38. The van der Waals surface area contributed by atoms with E-state index in [1.54, 1.807) is 11.8 Å². The van der Waals surface area contributed by atoms with Gasteiger partial charge in [-0.15, -0.1) is 12.4 Å². The van der Waals surface area contributed by atoms with Gasteiger partial charge in [-0.25, -0.2) is 0 Å². The smallest absolute Gasteiger partial charge is 0.236 e. The molecule has 0 saturated heterocycles. The highest BCUT2D eigenvalue weighted by Gasteiger charge is 2.34. The first-order chi connectivity index (χ1) is 11.1. The van der Waals surface area contributed by atoms with Crippen molar-refractivity contribution >= 4 is 30.1 Å². The van der Waals surface area contributed by atoms with Crippen LogP contribution < -0.4 is 11.1 Å². The predicted octanol–water partition coefficient (Wildman–Crippen LogP) is 3.82. The van der Waals surface area contributed by atoms with Crippen LogP contribution >= 0.6 is 24.2 Å². The Balaban J connectivity index is 0.00000288. The van der Waals surface area contributed by atoms with Gasteiger partial charge in [0.2, 0.25) is 5.91 Å². The van der Waals surface area contributed by atoms with Crippen LogP contribution in [0.25, 0.3) is 0 Å². The maximum absolute atomic E-state index is 12.3. The van der Waals surface area contributed by atoms with Gasteiger partial charge in [-0.2, -0.15) is 11.8 Å². The second-order valence-corrected chi connectivity index (χ2v) is 7.80. The molecular formula is C19H31ClN2OS. The first-order valence-corrected chi connectivity index (χ1v) is 10.1. The van der Waals surface area contributed by atoms with Gasteiger partial charge in [0.25, 0.3) is 0 Å². The van der Waals surface area contributed by atoms with Gasteiger partial charge < -0.3 is 11.1 Å². The van der Waals surface area contributed by atoms with Crippen LogP contribution in [-0.4, -0.2) is 30.5 Å². The molecule has 1 aliphatic rings. The van der Waals surface area contributed by atoms with Gasteiger partial charge in [-0.05, 0) is 43.8 Å². The summed E-state index contributed by atoms with van der Waals surface area (Å²) >= 11 is 1.73. The number of hydrogen-bond acceptors (Lipinski definition) is 3. The molecule has 1 aromatic carbocycles. The third-order valence-corrected chi connectivity index (χ3v) is 5.66. The number of carbonyl (C=O) groups excluding carboxylic acids is 1. The van der Waals surface area contributed by atoms with E-state index in [-0.39, 0.29) is 29.8 Å². The quantitative estimate of drug-likeness (QED) is 0.767. The summed E-state index contributed by atoms with van der Waals surface area (Å²) in [6.07, 6.45) is 8.86. The Kier molecular flexibility index (Phi) is 9.17. The number of hydrogen-bond donors (Lipinski definition) is 2. The first kappa shape index (κ1) is 21.3. The van der Waals surface area contributed by atoms with Crippen molar-refractivity contribution in [2.45, 2.75) is 56.9 Å². The minimum Gasteiger partial charge on any atom is -0.354 e. The minimum atomic E-state index is -0.388. The van der Waals surface area contributed by atoms with Crippen LogP contribution in [0.1, 0.15) is 49.7 Å². The van der Waals surface area contributed by atoms with Gasteiger partial charge >= 0.3 is 0 Å². The van der Waals surface area contributed by atoms with Crippen LogP contribution in [0, 0.1) is 6.92 Å². The number of thioether (sulfide) groups is 1. The fourth-order valence-corrected chi connectivity index (χ4v) is 4.02. The number of nitrogens with one attached hydrogen (secondary N) is 1. The van der Waals surface area contributed by atoms with E-state index in [2.05, 4.69) is 36.5 Å². The SMILES string of the molecule is CSCC[C@H](N)C(=O)NCC1(c2cccc(C)c2)CCCCC1.Cl. The van der Waals surface area contributed by atoms with E-state index < -0.39 is 0 Å². The molecule has 1 amide bonds. The van der Waals surface area contributed by atoms with Gasteiger partial charge in [-0.3, -0.25) is 4.79 Å². The Hall–Kier alpha value is -0.710. The zero-order valence-electron chi connectivity index (χ0n) is 14.8. The third kappa shape index (κ3) is 5.68. The molecule has 1 fully saturated rings. The van der Waals surface area contributed by atoms with Gasteiger partial charge in [0.1, 0.15) is 0 Å². The van der Waals surface area contributed by atoms with Crippen LogP contribution in [0.4, 0.5) is 0 Å². The molecule has 0 spiro atoms. The highest BCUT2D eigenvalue weighted by molar-refractivity contribution is 7.98.